The number of H-pyrrole nitrogens is 1. The van der Waals surface area contributed by atoms with E-state index in [-0.39, 0.29) is 0 Å². The Kier molecular flexibility index (Phi) is 5.20. The quantitative estimate of drug-likeness (QED) is 0.522. The fourth-order valence-corrected chi connectivity index (χ4v) is 2.83. The van der Waals surface area contributed by atoms with Gasteiger partial charge < -0.3 is 14.5 Å². The van der Waals surface area contributed by atoms with E-state index in [0.29, 0.717) is 29.6 Å². The third-order valence-corrected chi connectivity index (χ3v) is 4.37. The SMILES string of the molecule is COc1cc(OCc2ccc(C)cn2)ccc1-c1cnc(-c2ccc(F)cn2)[nH]1. The molecule has 0 bridgehead atoms. The lowest BCUT2D eigenvalue weighted by Crippen LogP contribution is -1.99. The van der Waals surface area contributed by atoms with Crippen LogP contribution in [0.4, 0.5) is 4.39 Å². The summed E-state index contributed by atoms with van der Waals surface area (Å²) in [6.07, 6.45) is 4.66. The van der Waals surface area contributed by atoms with Crippen molar-refractivity contribution in [2.75, 3.05) is 7.11 Å². The Morgan fingerprint density at radius 3 is 2.59 bits per heavy atom. The maximum atomic E-state index is 13.1. The Labute approximate surface area is 167 Å². The highest BCUT2D eigenvalue weighted by Gasteiger charge is 2.12. The predicted molar refractivity (Wildman–Crippen MR) is 107 cm³/mol. The Balaban J connectivity index is 1.54. The van der Waals surface area contributed by atoms with Crippen LogP contribution in [0.3, 0.4) is 0 Å². The number of rotatable bonds is 6. The number of aromatic amines is 1. The van der Waals surface area contributed by atoms with Crippen LogP contribution in [0.5, 0.6) is 11.5 Å². The van der Waals surface area contributed by atoms with E-state index in [0.717, 1.165) is 28.7 Å². The summed E-state index contributed by atoms with van der Waals surface area (Å²) in [5, 5.41) is 0. The molecule has 0 aliphatic heterocycles. The second-order valence-corrected chi connectivity index (χ2v) is 6.48. The molecule has 4 rings (SSSR count). The van der Waals surface area contributed by atoms with Gasteiger partial charge in [0.2, 0.25) is 0 Å². The Hall–Kier alpha value is -3.74. The number of aromatic nitrogens is 4. The monoisotopic (exact) mass is 390 g/mol. The predicted octanol–water partition coefficient (Wildman–Crippen LogP) is 4.57. The summed E-state index contributed by atoms with van der Waals surface area (Å²) < 4.78 is 24.4. The summed E-state index contributed by atoms with van der Waals surface area (Å²) >= 11 is 0. The zero-order valence-corrected chi connectivity index (χ0v) is 16.0. The number of hydrogen-bond acceptors (Lipinski definition) is 5. The molecule has 0 radical (unpaired) electrons. The van der Waals surface area contributed by atoms with Crippen molar-refractivity contribution in [2.45, 2.75) is 13.5 Å². The number of benzene rings is 1. The largest absolute Gasteiger partial charge is 0.496 e. The minimum absolute atomic E-state index is 0.368. The maximum Gasteiger partial charge on any atom is 0.156 e. The van der Waals surface area contributed by atoms with Gasteiger partial charge in [-0.05, 0) is 42.8 Å². The van der Waals surface area contributed by atoms with Crippen LogP contribution in [-0.4, -0.2) is 27.0 Å². The lowest BCUT2D eigenvalue weighted by Gasteiger charge is -2.11. The normalized spacial score (nSPS) is 10.7. The van der Waals surface area contributed by atoms with Crippen LogP contribution in [0.15, 0.2) is 61.1 Å². The number of aryl methyl sites for hydroxylation is 1. The third kappa shape index (κ3) is 4.24. The van der Waals surface area contributed by atoms with E-state index in [1.54, 1.807) is 19.4 Å². The summed E-state index contributed by atoms with van der Waals surface area (Å²) in [4.78, 5) is 15.9. The lowest BCUT2D eigenvalue weighted by molar-refractivity contribution is 0.299. The van der Waals surface area contributed by atoms with E-state index in [1.807, 2.05) is 43.5 Å². The molecule has 0 spiro atoms. The van der Waals surface area contributed by atoms with Gasteiger partial charge in [-0.25, -0.2) is 14.4 Å². The fraction of sp³-hybridized carbons (Fsp3) is 0.136. The van der Waals surface area contributed by atoms with Crippen molar-refractivity contribution in [3.8, 4) is 34.3 Å². The van der Waals surface area contributed by atoms with Crippen molar-refractivity contribution in [3.05, 3.63) is 78.1 Å². The topological polar surface area (TPSA) is 72.9 Å². The van der Waals surface area contributed by atoms with Gasteiger partial charge in [0.15, 0.2) is 5.82 Å². The molecule has 29 heavy (non-hydrogen) atoms. The minimum Gasteiger partial charge on any atom is -0.496 e. The van der Waals surface area contributed by atoms with Gasteiger partial charge in [0.25, 0.3) is 0 Å². The van der Waals surface area contributed by atoms with Crippen LogP contribution in [0.1, 0.15) is 11.3 Å². The Bertz CT molecular complexity index is 1110. The van der Waals surface area contributed by atoms with Crippen LogP contribution >= 0.6 is 0 Å². The van der Waals surface area contributed by atoms with Crippen molar-refractivity contribution >= 4 is 0 Å². The van der Waals surface area contributed by atoms with Crippen molar-refractivity contribution in [1.82, 2.24) is 19.9 Å². The highest BCUT2D eigenvalue weighted by molar-refractivity contribution is 5.70. The van der Waals surface area contributed by atoms with E-state index in [4.69, 9.17) is 9.47 Å². The number of imidazole rings is 1. The Morgan fingerprint density at radius 1 is 0.966 bits per heavy atom. The average Bonchev–Trinajstić information content (AvgIpc) is 3.23. The van der Waals surface area contributed by atoms with Crippen molar-refractivity contribution in [3.63, 3.8) is 0 Å². The summed E-state index contributed by atoms with van der Waals surface area (Å²) in [5.41, 5.74) is 4.10. The standard InChI is InChI=1S/C22H19FN4O2/c1-14-3-5-16(24-10-14)13-29-17-6-7-18(21(9-17)28-2)20-12-26-22(27-20)19-8-4-15(23)11-25-19/h3-12H,13H2,1-2H3,(H,26,27). The molecule has 0 atom stereocenters. The van der Waals surface area contributed by atoms with E-state index in [1.165, 1.54) is 6.07 Å². The summed E-state index contributed by atoms with van der Waals surface area (Å²) in [7, 11) is 1.60. The summed E-state index contributed by atoms with van der Waals surface area (Å²) in [6, 6.07) is 12.4. The third-order valence-electron chi connectivity index (χ3n) is 4.37. The molecule has 3 heterocycles. The van der Waals surface area contributed by atoms with Crippen LogP contribution in [-0.2, 0) is 6.61 Å². The van der Waals surface area contributed by atoms with Gasteiger partial charge in [0.1, 0.15) is 29.6 Å². The van der Waals surface area contributed by atoms with Crippen molar-refractivity contribution in [1.29, 1.82) is 0 Å². The molecule has 0 fully saturated rings. The van der Waals surface area contributed by atoms with Crippen molar-refractivity contribution in [2.24, 2.45) is 0 Å². The molecule has 0 aliphatic rings. The molecule has 0 amide bonds. The van der Waals surface area contributed by atoms with Crippen LogP contribution in [0.2, 0.25) is 0 Å². The van der Waals surface area contributed by atoms with Crippen LogP contribution < -0.4 is 9.47 Å². The maximum absolute atomic E-state index is 13.1. The molecular formula is C22H19FN4O2. The van der Waals surface area contributed by atoms with E-state index in [9.17, 15) is 4.39 Å². The first-order valence-electron chi connectivity index (χ1n) is 9.02. The fourth-order valence-electron chi connectivity index (χ4n) is 2.83. The van der Waals surface area contributed by atoms with E-state index in [2.05, 4.69) is 19.9 Å². The zero-order valence-electron chi connectivity index (χ0n) is 16.0. The van der Waals surface area contributed by atoms with Crippen LogP contribution in [0, 0.1) is 12.7 Å². The first-order valence-corrected chi connectivity index (χ1v) is 9.02. The number of hydrogen-bond donors (Lipinski definition) is 1. The number of pyridine rings is 2. The number of ether oxygens (including phenoxy) is 2. The van der Waals surface area contributed by atoms with Gasteiger partial charge in [-0.1, -0.05) is 6.07 Å². The average molecular weight is 390 g/mol. The number of methoxy groups -OCH3 is 1. The molecule has 0 saturated carbocycles. The molecule has 6 nitrogen and oxygen atoms in total. The van der Waals surface area contributed by atoms with Crippen LogP contribution in [0.25, 0.3) is 22.8 Å². The molecule has 3 aromatic heterocycles. The molecule has 0 saturated heterocycles. The molecule has 1 aromatic carbocycles. The molecule has 0 unspecified atom stereocenters. The highest BCUT2D eigenvalue weighted by atomic mass is 19.1. The van der Waals surface area contributed by atoms with E-state index >= 15 is 0 Å². The first-order chi connectivity index (χ1) is 14.1. The number of nitrogens with zero attached hydrogens (tertiary/aromatic N) is 3. The van der Waals surface area contributed by atoms with Gasteiger partial charge in [-0.3, -0.25) is 4.98 Å². The minimum atomic E-state index is -0.390. The number of nitrogens with one attached hydrogen (secondary N) is 1. The van der Waals surface area contributed by atoms with Gasteiger partial charge in [0, 0.05) is 17.8 Å². The summed E-state index contributed by atoms with van der Waals surface area (Å²) in [5.74, 6) is 1.47. The van der Waals surface area contributed by atoms with E-state index < -0.39 is 5.82 Å². The number of halogens is 1. The van der Waals surface area contributed by atoms with Gasteiger partial charge >= 0.3 is 0 Å². The van der Waals surface area contributed by atoms with Gasteiger partial charge in [-0.2, -0.15) is 0 Å². The Morgan fingerprint density at radius 2 is 1.86 bits per heavy atom. The first kappa shape index (κ1) is 18.6. The second-order valence-electron chi connectivity index (χ2n) is 6.48. The van der Waals surface area contributed by atoms with Gasteiger partial charge in [-0.15, -0.1) is 0 Å². The molecule has 4 aromatic rings. The molecule has 1 N–H and O–H groups in total. The molecular weight excluding hydrogens is 371 g/mol. The molecule has 146 valence electrons. The second kappa shape index (κ2) is 8.10. The summed E-state index contributed by atoms with van der Waals surface area (Å²) in [6.45, 7) is 2.36. The van der Waals surface area contributed by atoms with Crippen molar-refractivity contribution < 1.29 is 13.9 Å². The van der Waals surface area contributed by atoms with Gasteiger partial charge in [0.05, 0.1) is 30.9 Å². The molecule has 7 heteroatoms. The zero-order chi connectivity index (χ0) is 20.2. The molecule has 0 aliphatic carbocycles. The smallest absolute Gasteiger partial charge is 0.156 e. The highest BCUT2D eigenvalue weighted by Crippen LogP contribution is 2.33. The lowest BCUT2D eigenvalue weighted by atomic mass is 10.1.